The van der Waals surface area contributed by atoms with Crippen LogP contribution in [0.1, 0.15) is 19.3 Å². The molecular formula is C14H17BrClN5O5S. The molecule has 10 nitrogen and oxygen atoms in total. The number of nitro groups is 1. The number of hydrogen-bond acceptors (Lipinski definition) is 8. The van der Waals surface area contributed by atoms with Crippen molar-refractivity contribution in [1.82, 2.24) is 9.97 Å². The van der Waals surface area contributed by atoms with Gasteiger partial charge in [-0.1, -0.05) is 6.08 Å². The summed E-state index contributed by atoms with van der Waals surface area (Å²) < 4.78 is 28.7. The van der Waals surface area contributed by atoms with Gasteiger partial charge in [0.1, 0.15) is 5.82 Å². The van der Waals surface area contributed by atoms with Gasteiger partial charge in [0.05, 0.1) is 27.3 Å². The number of allylic oxidation sites excluding steroid dienone is 1. The number of primary sulfonamides is 1. The van der Waals surface area contributed by atoms with Crippen molar-refractivity contribution in [2.45, 2.75) is 25.0 Å². The van der Waals surface area contributed by atoms with Crippen LogP contribution in [0.5, 0.6) is 0 Å². The van der Waals surface area contributed by atoms with Gasteiger partial charge in [0.2, 0.25) is 15.3 Å². The summed E-state index contributed by atoms with van der Waals surface area (Å²) in [5.41, 5.74) is -1.79. The molecule has 1 aliphatic rings. The number of halogens is 2. The molecule has 148 valence electrons. The second-order valence-corrected chi connectivity index (χ2v) is 8.36. The molecule has 2 rings (SSSR count). The lowest BCUT2D eigenvalue weighted by atomic mass is 10.1. The van der Waals surface area contributed by atoms with E-state index in [9.17, 15) is 18.5 Å². The number of anilines is 1. The normalized spacial score (nSPS) is 19.6. The summed E-state index contributed by atoms with van der Waals surface area (Å²) in [6.45, 7) is 0.670. The summed E-state index contributed by atoms with van der Waals surface area (Å²) >= 11 is 9.02. The maximum absolute atomic E-state index is 11.4. The highest BCUT2D eigenvalue weighted by Crippen LogP contribution is 2.27. The van der Waals surface area contributed by atoms with E-state index >= 15 is 0 Å². The minimum Gasteiger partial charge on any atom is -0.369 e. The van der Waals surface area contributed by atoms with Crippen molar-refractivity contribution in [3.05, 3.63) is 49.2 Å². The summed E-state index contributed by atoms with van der Waals surface area (Å²) in [6.07, 6.45) is 5.91. The van der Waals surface area contributed by atoms with E-state index in [-0.39, 0.29) is 23.2 Å². The molecule has 0 saturated carbocycles. The lowest BCUT2D eigenvalue weighted by molar-refractivity contribution is -0.613. The van der Waals surface area contributed by atoms with Gasteiger partial charge < -0.3 is 10.1 Å². The van der Waals surface area contributed by atoms with Crippen LogP contribution >= 0.6 is 27.5 Å². The molecule has 0 amide bonds. The zero-order chi connectivity index (χ0) is 20.1. The van der Waals surface area contributed by atoms with Crippen LogP contribution in [0.3, 0.4) is 0 Å². The minimum atomic E-state index is -3.90. The highest BCUT2D eigenvalue weighted by Gasteiger charge is 2.42. The van der Waals surface area contributed by atoms with Crippen molar-refractivity contribution in [3.8, 4) is 0 Å². The number of nitrogens with one attached hydrogen (secondary N) is 1. The van der Waals surface area contributed by atoms with Gasteiger partial charge in [-0.3, -0.25) is 10.1 Å². The van der Waals surface area contributed by atoms with E-state index in [2.05, 4.69) is 31.2 Å². The Morgan fingerprint density at radius 2 is 2.22 bits per heavy atom. The summed E-state index contributed by atoms with van der Waals surface area (Å²) in [5.74, 6) is 0.550. The molecule has 0 saturated heterocycles. The fraction of sp³-hybridized carbons (Fsp3) is 0.429. The average Bonchev–Trinajstić information content (AvgIpc) is 2.60. The van der Waals surface area contributed by atoms with E-state index in [4.69, 9.17) is 21.5 Å². The van der Waals surface area contributed by atoms with Crippen LogP contribution < -0.4 is 10.5 Å². The molecule has 0 aliphatic heterocycles. The topological polar surface area (TPSA) is 150 Å². The molecule has 1 aromatic rings. The number of ether oxygens (including phenoxy) is 1. The summed E-state index contributed by atoms with van der Waals surface area (Å²) in [4.78, 5) is 18.5. The van der Waals surface area contributed by atoms with Crippen LogP contribution in [-0.2, 0) is 14.8 Å². The molecule has 1 aliphatic carbocycles. The molecule has 0 spiro atoms. The van der Waals surface area contributed by atoms with Gasteiger partial charge in [0.25, 0.3) is 0 Å². The predicted molar refractivity (Wildman–Crippen MR) is 103 cm³/mol. The molecule has 1 unspecified atom stereocenters. The number of unbranched alkanes of at least 4 members (excludes halogenated alkanes) is 1. The maximum atomic E-state index is 11.4. The molecule has 3 N–H and O–H groups in total. The first-order valence-electron chi connectivity index (χ1n) is 7.77. The smallest absolute Gasteiger partial charge is 0.348 e. The third-order valence-electron chi connectivity index (χ3n) is 3.67. The molecule has 0 radical (unpaired) electrons. The number of hydrogen-bond donors (Lipinski definition) is 2. The molecule has 13 heteroatoms. The molecule has 0 aromatic carbocycles. The van der Waals surface area contributed by atoms with E-state index in [1.54, 1.807) is 0 Å². The van der Waals surface area contributed by atoms with Crippen LogP contribution in [0.15, 0.2) is 33.8 Å². The van der Waals surface area contributed by atoms with Gasteiger partial charge in [-0.15, -0.1) is 0 Å². The average molecular weight is 483 g/mol. The van der Waals surface area contributed by atoms with E-state index in [0.29, 0.717) is 29.7 Å². The van der Waals surface area contributed by atoms with Crippen molar-refractivity contribution < 1.29 is 18.1 Å². The molecule has 1 aromatic heterocycles. The molecule has 0 bridgehead atoms. The lowest BCUT2D eigenvalue weighted by Gasteiger charge is -2.23. The van der Waals surface area contributed by atoms with E-state index in [0.717, 1.165) is 12.2 Å². The number of nitrogens with two attached hydrogens (primary N) is 1. The molecule has 1 atom stereocenters. The Balaban J connectivity index is 1.81. The summed E-state index contributed by atoms with van der Waals surface area (Å²) in [7, 11) is -3.90. The van der Waals surface area contributed by atoms with Crippen molar-refractivity contribution in [2.24, 2.45) is 5.14 Å². The van der Waals surface area contributed by atoms with Gasteiger partial charge in [0, 0.05) is 18.8 Å². The summed E-state index contributed by atoms with van der Waals surface area (Å²) in [6, 6.07) is 0. The van der Waals surface area contributed by atoms with Gasteiger partial charge in [-0.05, 0) is 46.4 Å². The predicted octanol–water partition coefficient (Wildman–Crippen LogP) is 2.21. The Morgan fingerprint density at radius 1 is 1.48 bits per heavy atom. The highest BCUT2D eigenvalue weighted by atomic mass is 79.9. The van der Waals surface area contributed by atoms with E-state index < -0.39 is 20.7 Å². The fourth-order valence-electron chi connectivity index (χ4n) is 2.25. The first-order chi connectivity index (χ1) is 12.6. The van der Waals surface area contributed by atoms with Crippen molar-refractivity contribution in [3.63, 3.8) is 0 Å². The second-order valence-electron chi connectivity index (χ2n) is 5.61. The van der Waals surface area contributed by atoms with Gasteiger partial charge in [-0.2, -0.15) is 4.98 Å². The monoisotopic (exact) mass is 481 g/mol. The van der Waals surface area contributed by atoms with Gasteiger partial charge in [-0.25, -0.2) is 18.5 Å². The SMILES string of the molecule is NS(=O)(=O)C1=CCC(OCCCCNc2nc(Cl)ncc2Br)([N+](=O)[O-])C=C1. The Hall–Kier alpha value is -1.60. The first kappa shape index (κ1) is 21.7. The van der Waals surface area contributed by atoms with E-state index in [1.165, 1.54) is 12.3 Å². The molecule has 1 heterocycles. The standard InChI is InChI=1S/C14H17BrClN5O5S/c15-11-9-19-13(16)20-12(11)18-7-1-2-8-26-14(21(22)23)5-3-10(4-6-14)27(17,24)25/h3-5,9H,1-2,6-8H2,(H2,17,24,25)(H,18,19,20). The molecule has 0 fully saturated rings. The van der Waals surface area contributed by atoms with Crippen molar-refractivity contribution in [2.75, 3.05) is 18.5 Å². The molecular weight excluding hydrogens is 466 g/mol. The minimum absolute atomic E-state index is 0.118. The summed E-state index contributed by atoms with van der Waals surface area (Å²) in [5, 5.41) is 19.6. The first-order valence-corrected chi connectivity index (χ1v) is 10.5. The largest absolute Gasteiger partial charge is 0.369 e. The van der Waals surface area contributed by atoms with Gasteiger partial charge in [0.15, 0.2) is 0 Å². The lowest BCUT2D eigenvalue weighted by Crippen LogP contribution is -2.40. The maximum Gasteiger partial charge on any atom is 0.348 e. The van der Waals surface area contributed by atoms with Crippen LogP contribution in [-0.4, -0.2) is 42.2 Å². The molecule has 27 heavy (non-hydrogen) atoms. The Bertz CT molecular complexity index is 879. The number of sulfonamides is 1. The van der Waals surface area contributed by atoms with Crippen molar-refractivity contribution in [1.29, 1.82) is 0 Å². The van der Waals surface area contributed by atoms with Crippen LogP contribution in [0.4, 0.5) is 5.82 Å². The Morgan fingerprint density at radius 3 is 2.81 bits per heavy atom. The zero-order valence-corrected chi connectivity index (χ0v) is 17.1. The Kier molecular flexibility index (Phi) is 7.28. The van der Waals surface area contributed by atoms with Crippen LogP contribution in [0.2, 0.25) is 5.28 Å². The third kappa shape index (κ3) is 5.94. The van der Waals surface area contributed by atoms with E-state index in [1.807, 2.05) is 0 Å². The Labute approximate surface area is 169 Å². The third-order valence-corrected chi connectivity index (χ3v) is 5.39. The number of rotatable bonds is 9. The fourth-order valence-corrected chi connectivity index (χ4v) is 3.29. The quantitative estimate of drug-likeness (QED) is 0.179. The van der Waals surface area contributed by atoms with Gasteiger partial charge >= 0.3 is 5.72 Å². The highest BCUT2D eigenvalue weighted by molar-refractivity contribution is 9.10. The van der Waals surface area contributed by atoms with Crippen molar-refractivity contribution >= 4 is 43.4 Å². The number of aromatic nitrogens is 2. The van der Waals surface area contributed by atoms with Crippen LogP contribution in [0.25, 0.3) is 0 Å². The second kappa shape index (κ2) is 9.06. The zero-order valence-electron chi connectivity index (χ0n) is 14.0. The van der Waals surface area contributed by atoms with Crippen LogP contribution in [0, 0.1) is 10.1 Å². The number of nitrogens with zero attached hydrogens (tertiary/aromatic N) is 3.